The average molecular weight is 451 g/mol. The summed E-state index contributed by atoms with van der Waals surface area (Å²) in [5, 5.41) is 21.2. The summed E-state index contributed by atoms with van der Waals surface area (Å²) in [6.45, 7) is 0.138. The van der Waals surface area contributed by atoms with Gasteiger partial charge in [-0.25, -0.2) is 0 Å². The number of benzene rings is 2. The number of hydrogen-bond acceptors (Lipinski definition) is 6. The zero-order valence-electron chi connectivity index (χ0n) is 17.0. The Labute approximate surface area is 189 Å². The fraction of sp³-hybridized carbons (Fsp3) is 0.125. The number of Topliss-reactive ketones (excluding diaryl/α,β-unsaturated/α-hetero) is 1. The van der Waals surface area contributed by atoms with Gasteiger partial charge in [0.05, 0.1) is 23.7 Å². The van der Waals surface area contributed by atoms with Crippen LogP contribution in [-0.2, 0) is 16.1 Å². The summed E-state index contributed by atoms with van der Waals surface area (Å²) in [7, 11) is 1.44. The van der Waals surface area contributed by atoms with E-state index in [0.717, 1.165) is 5.56 Å². The van der Waals surface area contributed by atoms with E-state index < -0.39 is 17.7 Å². The van der Waals surface area contributed by atoms with Crippen LogP contribution in [0.1, 0.15) is 22.7 Å². The second-order valence-corrected chi connectivity index (χ2v) is 7.63. The highest BCUT2D eigenvalue weighted by Crippen LogP contribution is 2.41. The van der Waals surface area contributed by atoms with E-state index in [1.165, 1.54) is 36.3 Å². The Hall–Kier alpha value is -3.84. The standard InChI is InChI=1S/C24H19ClN2O5/c1-32-19-12-16(4-7-18(19)25)22(29)20-21(15-2-5-17(28)6-3-15)27(24(31)23(20)30)13-14-8-10-26-11-9-14/h2-12,21,28-29H,13H2,1H3/b22-20-. The molecule has 1 aliphatic rings. The number of phenolic OH excluding ortho intramolecular Hbond substituents is 1. The molecule has 1 fully saturated rings. The van der Waals surface area contributed by atoms with E-state index >= 15 is 0 Å². The number of halogens is 1. The first kappa shape index (κ1) is 21.4. The molecule has 2 aromatic carbocycles. The molecule has 8 heteroatoms. The molecule has 1 unspecified atom stereocenters. The van der Waals surface area contributed by atoms with Crippen molar-refractivity contribution in [3.63, 3.8) is 0 Å². The summed E-state index contributed by atoms with van der Waals surface area (Å²) in [6, 6.07) is 13.4. The fourth-order valence-corrected chi connectivity index (χ4v) is 3.89. The van der Waals surface area contributed by atoms with E-state index in [4.69, 9.17) is 16.3 Å². The van der Waals surface area contributed by atoms with E-state index in [0.29, 0.717) is 16.3 Å². The number of methoxy groups -OCH3 is 1. The Kier molecular flexibility index (Phi) is 5.83. The third-order valence-electron chi connectivity index (χ3n) is 5.28. The maximum absolute atomic E-state index is 13.1. The minimum atomic E-state index is -0.856. The number of likely N-dealkylation sites (tertiary alicyclic amines) is 1. The molecule has 0 radical (unpaired) electrons. The van der Waals surface area contributed by atoms with E-state index in [2.05, 4.69) is 4.98 Å². The molecule has 2 heterocycles. The van der Waals surface area contributed by atoms with Gasteiger partial charge in [0, 0.05) is 24.5 Å². The zero-order valence-corrected chi connectivity index (χ0v) is 17.8. The molecule has 1 atom stereocenters. The lowest BCUT2D eigenvalue weighted by Crippen LogP contribution is -2.29. The van der Waals surface area contributed by atoms with Crippen molar-refractivity contribution >= 4 is 29.1 Å². The molecule has 32 heavy (non-hydrogen) atoms. The van der Waals surface area contributed by atoms with Gasteiger partial charge in [0.1, 0.15) is 17.3 Å². The van der Waals surface area contributed by atoms with Gasteiger partial charge in [-0.05, 0) is 53.6 Å². The Balaban J connectivity index is 1.87. The molecule has 2 N–H and O–H groups in total. The van der Waals surface area contributed by atoms with Crippen LogP contribution in [0.4, 0.5) is 0 Å². The molecule has 1 saturated heterocycles. The van der Waals surface area contributed by atoms with Crippen molar-refractivity contribution in [3.8, 4) is 11.5 Å². The normalized spacial score (nSPS) is 17.6. The summed E-state index contributed by atoms with van der Waals surface area (Å²) in [4.78, 5) is 31.4. The molecule has 1 aliphatic heterocycles. The molecule has 0 aliphatic carbocycles. The Morgan fingerprint density at radius 3 is 2.44 bits per heavy atom. The minimum Gasteiger partial charge on any atom is -0.508 e. The molecule has 0 bridgehead atoms. The van der Waals surface area contributed by atoms with Gasteiger partial charge in [0.2, 0.25) is 0 Å². The maximum Gasteiger partial charge on any atom is 0.295 e. The number of aromatic nitrogens is 1. The number of ketones is 1. The number of aliphatic hydroxyl groups is 1. The van der Waals surface area contributed by atoms with Crippen LogP contribution in [0.15, 0.2) is 72.6 Å². The number of phenols is 1. The molecular weight excluding hydrogens is 432 g/mol. The van der Waals surface area contributed by atoms with E-state index in [1.807, 2.05) is 0 Å². The first-order valence-corrected chi connectivity index (χ1v) is 10.1. The number of nitrogens with zero attached hydrogens (tertiary/aromatic N) is 2. The van der Waals surface area contributed by atoms with Gasteiger partial charge in [-0.15, -0.1) is 0 Å². The maximum atomic E-state index is 13.1. The second kappa shape index (κ2) is 8.72. The third kappa shape index (κ3) is 3.90. The molecular formula is C24H19ClN2O5. The van der Waals surface area contributed by atoms with Gasteiger partial charge in [0.25, 0.3) is 11.7 Å². The van der Waals surface area contributed by atoms with Crippen molar-refractivity contribution in [3.05, 3.63) is 94.3 Å². The Bertz CT molecular complexity index is 1210. The summed E-state index contributed by atoms with van der Waals surface area (Å²) in [6.07, 6.45) is 3.20. The molecule has 0 saturated carbocycles. The van der Waals surface area contributed by atoms with Gasteiger partial charge < -0.3 is 19.8 Å². The van der Waals surface area contributed by atoms with Gasteiger partial charge >= 0.3 is 0 Å². The van der Waals surface area contributed by atoms with Gasteiger partial charge in [-0.2, -0.15) is 0 Å². The van der Waals surface area contributed by atoms with E-state index in [1.54, 1.807) is 42.7 Å². The first-order chi connectivity index (χ1) is 15.4. The van der Waals surface area contributed by atoms with E-state index in [-0.39, 0.29) is 29.2 Å². The SMILES string of the molecule is COc1cc(/C(O)=C2/C(=O)C(=O)N(Cc3ccncc3)C2c2ccc(O)cc2)ccc1Cl. The van der Waals surface area contributed by atoms with Crippen molar-refractivity contribution in [1.82, 2.24) is 9.88 Å². The molecule has 1 amide bonds. The topological polar surface area (TPSA) is 100.0 Å². The van der Waals surface area contributed by atoms with E-state index in [9.17, 15) is 19.8 Å². The van der Waals surface area contributed by atoms with Crippen LogP contribution in [0.25, 0.3) is 5.76 Å². The Morgan fingerprint density at radius 1 is 1.09 bits per heavy atom. The zero-order chi connectivity index (χ0) is 22.8. The number of pyridine rings is 1. The van der Waals surface area contributed by atoms with Crippen LogP contribution < -0.4 is 4.74 Å². The van der Waals surface area contributed by atoms with Crippen LogP contribution in [0.5, 0.6) is 11.5 Å². The monoisotopic (exact) mass is 450 g/mol. The second-order valence-electron chi connectivity index (χ2n) is 7.22. The summed E-state index contributed by atoms with van der Waals surface area (Å²) >= 11 is 6.08. The highest BCUT2D eigenvalue weighted by molar-refractivity contribution is 6.46. The first-order valence-electron chi connectivity index (χ1n) is 9.71. The number of aliphatic hydroxyl groups excluding tert-OH is 1. The number of carbonyl (C=O) groups is 2. The number of ether oxygens (including phenoxy) is 1. The van der Waals surface area contributed by atoms with Crippen LogP contribution in [-0.4, -0.2) is 38.9 Å². The fourth-order valence-electron chi connectivity index (χ4n) is 3.69. The molecule has 162 valence electrons. The highest BCUT2D eigenvalue weighted by Gasteiger charge is 2.46. The molecule has 7 nitrogen and oxygen atoms in total. The molecule has 0 spiro atoms. The van der Waals surface area contributed by atoms with Crippen LogP contribution in [0.2, 0.25) is 5.02 Å². The largest absolute Gasteiger partial charge is 0.508 e. The summed E-state index contributed by atoms with van der Waals surface area (Å²) in [5.74, 6) is -1.51. The van der Waals surface area contributed by atoms with Crippen molar-refractivity contribution in [2.75, 3.05) is 7.11 Å². The van der Waals surface area contributed by atoms with Crippen molar-refractivity contribution in [2.45, 2.75) is 12.6 Å². The molecule has 4 rings (SSSR count). The number of rotatable bonds is 5. The number of carbonyl (C=O) groups excluding carboxylic acids is 2. The highest BCUT2D eigenvalue weighted by atomic mass is 35.5. The van der Waals surface area contributed by atoms with Crippen LogP contribution >= 0.6 is 11.6 Å². The van der Waals surface area contributed by atoms with Crippen molar-refractivity contribution in [1.29, 1.82) is 0 Å². The van der Waals surface area contributed by atoms with Crippen molar-refractivity contribution < 1.29 is 24.5 Å². The third-order valence-corrected chi connectivity index (χ3v) is 5.59. The van der Waals surface area contributed by atoms with Crippen LogP contribution in [0, 0.1) is 0 Å². The lowest BCUT2D eigenvalue weighted by molar-refractivity contribution is -0.140. The summed E-state index contributed by atoms with van der Waals surface area (Å²) in [5.41, 5.74) is 1.58. The minimum absolute atomic E-state index is 0.0438. The lowest BCUT2D eigenvalue weighted by Gasteiger charge is -2.25. The predicted octanol–water partition coefficient (Wildman–Crippen LogP) is 4.07. The average Bonchev–Trinajstić information content (AvgIpc) is 3.05. The van der Waals surface area contributed by atoms with Crippen molar-refractivity contribution in [2.24, 2.45) is 0 Å². The number of aromatic hydroxyl groups is 1. The predicted molar refractivity (Wildman–Crippen MR) is 118 cm³/mol. The van der Waals surface area contributed by atoms with Gasteiger partial charge in [-0.3, -0.25) is 14.6 Å². The van der Waals surface area contributed by atoms with Gasteiger partial charge in [-0.1, -0.05) is 23.7 Å². The molecule has 3 aromatic rings. The smallest absolute Gasteiger partial charge is 0.295 e. The molecule has 1 aromatic heterocycles. The number of hydrogen-bond donors (Lipinski definition) is 2. The quantitative estimate of drug-likeness (QED) is 0.345. The lowest BCUT2D eigenvalue weighted by atomic mass is 9.95. The number of amides is 1. The van der Waals surface area contributed by atoms with Crippen LogP contribution in [0.3, 0.4) is 0 Å². The van der Waals surface area contributed by atoms with Gasteiger partial charge in [0.15, 0.2) is 0 Å². The Morgan fingerprint density at radius 2 is 1.78 bits per heavy atom. The summed E-state index contributed by atoms with van der Waals surface area (Å²) < 4.78 is 5.21.